The van der Waals surface area contributed by atoms with Crippen LogP contribution in [0.5, 0.6) is 0 Å². The molecule has 5 rings (SSSR count). The van der Waals surface area contributed by atoms with Crippen molar-refractivity contribution in [2.24, 2.45) is 10.2 Å². The van der Waals surface area contributed by atoms with E-state index < -0.39 is 0 Å². The topological polar surface area (TPSA) is 24.7 Å². The van der Waals surface area contributed by atoms with Crippen LogP contribution in [0.2, 0.25) is 0 Å². The molecule has 1 aliphatic rings. The molecule has 32 heavy (non-hydrogen) atoms. The van der Waals surface area contributed by atoms with Gasteiger partial charge in [0.05, 0.1) is 11.4 Å². The first-order chi connectivity index (χ1) is 15.7. The molecule has 1 heterocycles. The predicted octanol–water partition coefficient (Wildman–Crippen LogP) is 10.2. The van der Waals surface area contributed by atoms with E-state index in [0.717, 1.165) is 27.6 Å². The molecule has 0 aromatic heterocycles. The first-order valence-corrected chi connectivity index (χ1v) is 14.0. The number of azo groups is 1. The van der Waals surface area contributed by atoms with E-state index in [2.05, 4.69) is 109 Å². The lowest BCUT2D eigenvalue weighted by Crippen LogP contribution is -1.90. The second-order valence-corrected chi connectivity index (χ2v) is 10.6. The van der Waals surface area contributed by atoms with Crippen molar-refractivity contribution in [2.75, 3.05) is 0 Å². The van der Waals surface area contributed by atoms with Crippen LogP contribution in [-0.4, -0.2) is 0 Å². The lowest BCUT2D eigenvalue weighted by atomic mass is 10.0. The Morgan fingerprint density at radius 2 is 1.22 bits per heavy atom. The van der Waals surface area contributed by atoms with Gasteiger partial charge in [-0.1, -0.05) is 91.8 Å². The number of hydrogen-bond acceptors (Lipinski definition) is 4. The van der Waals surface area contributed by atoms with Crippen molar-refractivity contribution < 1.29 is 0 Å². The van der Waals surface area contributed by atoms with E-state index in [0.29, 0.717) is 0 Å². The third-order valence-electron chi connectivity index (χ3n) is 5.04. The third-order valence-corrected chi connectivity index (χ3v) is 8.88. The third kappa shape index (κ3) is 4.88. The standard InChI is InChI=1S/C26H18Br2N2S2/c27-15-17-4-3-5-21(11-17)29-30-22-12-18(16-28)10-20(13-22)19-8-9-25-26(14-19)32-24-7-2-1-6-23(24)31-25/h1-14H,15-16H2. The summed E-state index contributed by atoms with van der Waals surface area (Å²) >= 11 is 10.8. The number of alkyl halides is 2. The average molecular weight is 582 g/mol. The molecule has 0 N–H and O–H groups in total. The molecule has 0 spiro atoms. The van der Waals surface area contributed by atoms with Gasteiger partial charge in [-0.3, -0.25) is 0 Å². The smallest absolute Gasteiger partial charge is 0.0866 e. The van der Waals surface area contributed by atoms with Crippen LogP contribution in [0.25, 0.3) is 11.1 Å². The van der Waals surface area contributed by atoms with Gasteiger partial charge in [-0.05, 0) is 70.8 Å². The summed E-state index contributed by atoms with van der Waals surface area (Å²) in [6, 6.07) is 29.8. The van der Waals surface area contributed by atoms with E-state index in [-0.39, 0.29) is 0 Å². The molecular formula is C26H18Br2N2S2. The maximum atomic E-state index is 4.54. The largest absolute Gasteiger partial charge is 0.151 e. The molecule has 6 heteroatoms. The van der Waals surface area contributed by atoms with E-state index in [4.69, 9.17) is 0 Å². The molecule has 0 fully saturated rings. The average Bonchev–Trinajstić information content (AvgIpc) is 2.85. The van der Waals surface area contributed by atoms with Crippen molar-refractivity contribution >= 4 is 66.8 Å². The quantitative estimate of drug-likeness (QED) is 0.152. The molecular weight excluding hydrogens is 564 g/mol. The zero-order valence-corrected chi connectivity index (χ0v) is 21.8. The van der Waals surface area contributed by atoms with Crippen molar-refractivity contribution in [1.29, 1.82) is 0 Å². The van der Waals surface area contributed by atoms with Crippen molar-refractivity contribution in [3.8, 4) is 11.1 Å². The molecule has 0 bridgehead atoms. The molecule has 158 valence electrons. The van der Waals surface area contributed by atoms with E-state index in [1.807, 2.05) is 41.7 Å². The lowest BCUT2D eigenvalue weighted by Gasteiger charge is -2.19. The minimum Gasteiger partial charge on any atom is -0.151 e. The molecule has 1 aliphatic heterocycles. The summed E-state index contributed by atoms with van der Waals surface area (Å²) in [4.78, 5) is 5.24. The van der Waals surface area contributed by atoms with Gasteiger partial charge in [0.25, 0.3) is 0 Å². The Morgan fingerprint density at radius 3 is 2.00 bits per heavy atom. The van der Waals surface area contributed by atoms with E-state index >= 15 is 0 Å². The molecule has 0 atom stereocenters. The highest BCUT2D eigenvalue weighted by molar-refractivity contribution is 9.08. The Kier molecular flexibility index (Phi) is 6.83. The summed E-state index contributed by atoms with van der Waals surface area (Å²) in [5.74, 6) is 0. The molecule has 4 aromatic carbocycles. The minimum absolute atomic E-state index is 0.769. The minimum atomic E-state index is 0.769. The summed E-state index contributed by atoms with van der Waals surface area (Å²) in [7, 11) is 0. The number of halogens is 2. The fraction of sp³-hybridized carbons (Fsp3) is 0.0769. The first-order valence-electron chi connectivity index (χ1n) is 10.1. The molecule has 0 unspecified atom stereocenters. The maximum absolute atomic E-state index is 4.54. The van der Waals surface area contributed by atoms with E-state index in [1.54, 1.807) is 0 Å². The van der Waals surface area contributed by atoms with Crippen molar-refractivity contribution in [3.63, 3.8) is 0 Å². The van der Waals surface area contributed by atoms with Crippen molar-refractivity contribution in [2.45, 2.75) is 30.2 Å². The predicted molar refractivity (Wildman–Crippen MR) is 142 cm³/mol. The summed E-state index contributed by atoms with van der Waals surface area (Å²) in [6.45, 7) is 0. The number of rotatable bonds is 5. The normalized spacial score (nSPS) is 12.6. The van der Waals surface area contributed by atoms with Crippen LogP contribution in [0.1, 0.15) is 11.1 Å². The van der Waals surface area contributed by atoms with Crippen LogP contribution in [-0.2, 0) is 10.7 Å². The Balaban J connectivity index is 1.47. The van der Waals surface area contributed by atoms with Gasteiger partial charge in [0.1, 0.15) is 0 Å². The van der Waals surface area contributed by atoms with Gasteiger partial charge in [-0.25, -0.2) is 0 Å². The van der Waals surface area contributed by atoms with Crippen LogP contribution >= 0.6 is 55.4 Å². The number of nitrogens with zero attached hydrogens (tertiary/aromatic N) is 2. The number of benzene rings is 4. The Bertz CT molecular complexity index is 1320. The maximum Gasteiger partial charge on any atom is 0.0866 e. The fourth-order valence-corrected chi connectivity index (χ4v) is 6.43. The number of fused-ring (bicyclic) bond motifs is 2. The van der Waals surface area contributed by atoms with Gasteiger partial charge in [-0.2, -0.15) is 10.2 Å². The molecule has 0 saturated heterocycles. The van der Waals surface area contributed by atoms with Crippen LogP contribution in [0.4, 0.5) is 11.4 Å². The molecule has 0 aliphatic carbocycles. The van der Waals surface area contributed by atoms with Crippen LogP contribution in [0, 0.1) is 0 Å². The lowest BCUT2D eigenvalue weighted by molar-refractivity contribution is 1.16. The zero-order valence-electron chi connectivity index (χ0n) is 17.0. The first kappa shape index (κ1) is 22.0. The second-order valence-electron chi connectivity index (χ2n) is 7.34. The van der Waals surface area contributed by atoms with Gasteiger partial charge < -0.3 is 0 Å². The van der Waals surface area contributed by atoms with Gasteiger partial charge in [-0.15, -0.1) is 0 Å². The van der Waals surface area contributed by atoms with E-state index in [9.17, 15) is 0 Å². The molecule has 4 aromatic rings. The van der Waals surface area contributed by atoms with Gasteiger partial charge in [0.15, 0.2) is 0 Å². The van der Waals surface area contributed by atoms with Crippen LogP contribution < -0.4 is 0 Å². The summed E-state index contributed by atoms with van der Waals surface area (Å²) in [5.41, 5.74) is 6.41. The Hall–Kier alpha value is -1.86. The summed E-state index contributed by atoms with van der Waals surface area (Å²) in [6.07, 6.45) is 0. The van der Waals surface area contributed by atoms with Gasteiger partial charge in [0, 0.05) is 30.2 Å². The van der Waals surface area contributed by atoms with Gasteiger partial charge >= 0.3 is 0 Å². The molecule has 0 radical (unpaired) electrons. The molecule has 0 saturated carbocycles. The fourth-order valence-electron chi connectivity index (χ4n) is 3.50. The van der Waals surface area contributed by atoms with E-state index in [1.165, 1.54) is 36.3 Å². The molecule has 2 nitrogen and oxygen atoms in total. The second kappa shape index (κ2) is 9.96. The summed E-state index contributed by atoms with van der Waals surface area (Å²) < 4.78 is 0. The monoisotopic (exact) mass is 580 g/mol. The van der Waals surface area contributed by atoms with Crippen molar-refractivity contribution in [1.82, 2.24) is 0 Å². The van der Waals surface area contributed by atoms with Crippen LogP contribution in [0.15, 0.2) is 115 Å². The Labute approximate surface area is 213 Å². The highest BCUT2D eigenvalue weighted by Gasteiger charge is 2.17. The zero-order chi connectivity index (χ0) is 21.9. The molecule has 0 amide bonds. The number of hydrogen-bond donors (Lipinski definition) is 0. The summed E-state index contributed by atoms with van der Waals surface area (Å²) in [5, 5.41) is 10.6. The SMILES string of the molecule is BrCc1cccc(N=Nc2cc(CBr)cc(-c3ccc4c(c3)Sc3ccccc3S4)c2)c1. The highest BCUT2D eigenvalue weighted by atomic mass is 79.9. The van der Waals surface area contributed by atoms with Gasteiger partial charge in [0.2, 0.25) is 0 Å². The highest BCUT2D eigenvalue weighted by Crippen LogP contribution is 2.49. The van der Waals surface area contributed by atoms with Crippen LogP contribution in [0.3, 0.4) is 0 Å². The van der Waals surface area contributed by atoms with Crippen molar-refractivity contribution in [3.05, 3.63) is 96.1 Å². The Morgan fingerprint density at radius 1 is 0.531 bits per heavy atom.